The highest BCUT2D eigenvalue weighted by molar-refractivity contribution is 6.01. The van der Waals surface area contributed by atoms with Gasteiger partial charge in [-0.3, -0.25) is 4.79 Å². The Kier molecular flexibility index (Phi) is 2.75. The second kappa shape index (κ2) is 4.45. The lowest BCUT2D eigenvalue weighted by Crippen LogP contribution is -2.54. The third kappa shape index (κ3) is 1.70. The van der Waals surface area contributed by atoms with Crippen molar-refractivity contribution in [2.24, 2.45) is 5.41 Å². The number of hydrogen-bond donors (Lipinski definition) is 0. The standard InChI is InChI=1S/C20H20O2/c1-14-13-19(2)10-5-6-15-12-16(21)9-11-20(15,19)22-18-8-4-3-7-17(14)18/h3-4,7-9,11-12H,1,5-6,10,13H2,2H3/t19-,20-/m1/s1. The maximum Gasteiger partial charge on any atom is 0.178 e. The zero-order chi connectivity index (χ0) is 15.4. The van der Waals surface area contributed by atoms with Crippen LogP contribution < -0.4 is 4.74 Å². The SMILES string of the molecule is C=C1C[C@@]2(C)CCCC3=CC(=O)C=C[C@@]32Oc2ccccc21. The first-order chi connectivity index (χ1) is 10.5. The van der Waals surface area contributed by atoms with Crippen LogP contribution in [0.1, 0.15) is 38.2 Å². The highest BCUT2D eigenvalue weighted by Crippen LogP contribution is 2.57. The van der Waals surface area contributed by atoms with Gasteiger partial charge in [-0.25, -0.2) is 0 Å². The van der Waals surface area contributed by atoms with E-state index >= 15 is 0 Å². The van der Waals surface area contributed by atoms with E-state index in [2.05, 4.69) is 19.6 Å². The van der Waals surface area contributed by atoms with E-state index in [1.807, 2.05) is 24.3 Å². The Bertz CT molecular complexity index is 740. The molecule has 0 aromatic heterocycles. The second-order valence-corrected chi connectivity index (χ2v) is 6.93. The molecule has 4 rings (SSSR count). The summed E-state index contributed by atoms with van der Waals surface area (Å²) in [7, 11) is 0. The predicted molar refractivity (Wildman–Crippen MR) is 87.6 cm³/mol. The quantitative estimate of drug-likeness (QED) is 0.705. The molecule has 1 fully saturated rings. The van der Waals surface area contributed by atoms with Gasteiger partial charge in [0.2, 0.25) is 0 Å². The van der Waals surface area contributed by atoms with Gasteiger partial charge in [0.1, 0.15) is 5.75 Å². The summed E-state index contributed by atoms with van der Waals surface area (Å²) in [5, 5.41) is 0. The van der Waals surface area contributed by atoms with Gasteiger partial charge in [0, 0.05) is 11.0 Å². The first-order valence-electron chi connectivity index (χ1n) is 7.95. The van der Waals surface area contributed by atoms with Crippen LogP contribution in [0.4, 0.5) is 0 Å². The molecule has 0 N–H and O–H groups in total. The summed E-state index contributed by atoms with van der Waals surface area (Å²) in [5.41, 5.74) is 2.77. The third-order valence-corrected chi connectivity index (χ3v) is 5.49. The van der Waals surface area contributed by atoms with Gasteiger partial charge in [-0.15, -0.1) is 0 Å². The fraction of sp³-hybridized carbons (Fsp3) is 0.350. The van der Waals surface area contributed by atoms with Crippen molar-refractivity contribution in [1.29, 1.82) is 0 Å². The van der Waals surface area contributed by atoms with Crippen molar-refractivity contribution in [2.75, 3.05) is 0 Å². The molecule has 1 spiro atoms. The Morgan fingerprint density at radius 1 is 1.27 bits per heavy atom. The van der Waals surface area contributed by atoms with E-state index in [4.69, 9.17) is 4.74 Å². The topological polar surface area (TPSA) is 26.3 Å². The van der Waals surface area contributed by atoms with Crippen LogP contribution in [0.5, 0.6) is 5.75 Å². The van der Waals surface area contributed by atoms with Gasteiger partial charge >= 0.3 is 0 Å². The monoisotopic (exact) mass is 292 g/mol. The molecule has 0 radical (unpaired) electrons. The summed E-state index contributed by atoms with van der Waals surface area (Å²) in [5.74, 6) is 0.952. The average Bonchev–Trinajstić information content (AvgIpc) is 2.58. The Hall–Kier alpha value is -2.09. The lowest BCUT2D eigenvalue weighted by molar-refractivity contribution is -0.111. The minimum atomic E-state index is -0.505. The van der Waals surface area contributed by atoms with Crippen molar-refractivity contribution in [2.45, 2.75) is 38.2 Å². The molecule has 0 bridgehead atoms. The number of carbonyl (C=O) groups excluding carboxylic acids is 1. The number of fused-ring (bicyclic) bond motifs is 1. The van der Waals surface area contributed by atoms with Crippen molar-refractivity contribution in [3.8, 4) is 5.75 Å². The molecule has 2 nitrogen and oxygen atoms in total. The molecule has 1 heterocycles. The van der Waals surface area contributed by atoms with Crippen LogP contribution in [0.3, 0.4) is 0 Å². The summed E-state index contributed by atoms with van der Waals surface area (Å²) < 4.78 is 6.61. The summed E-state index contributed by atoms with van der Waals surface area (Å²) >= 11 is 0. The lowest BCUT2D eigenvalue weighted by atomic mass is 9.58. The minimum absolute atomic E-state index is 0.0651. The number of para-hydroxylation sites is 1. The summed E-state index contributed by atoms with van der Waals surface area (Å²) in [4.78, 5) is 11.9. The van der Waals surface area contributed by atoms with Crippen LogP contribution in [0.2, 0.25) is 0 Å². The molecule has 2 aliphatic carbocycles. The van der Waals surface area contributed by atoms with Gasteiger partial charge in [0.15, 0.2) is 11.4 Å². The Morgan fingerprint density at radius 2 is 2.09 bits per heavy atom. The molecule has 0 saturated heterocycles. The van der Waals surface area contributed by atoms with E-state index in [1.165, 1.54) is 0 Å². The van der Waals surface area contributed by atoms with E-state index in [9.17, 15) is 4.79 Å². The molecule has 0 amide bonds. The molecule has 0 unspecified atom stereocenters. The highest BCUT2D eigenvalue weighted by atomic mass is 16.5. The fourth-order valence-corrected chi connectivity index (χ4v) is 4.36. The van der Waals surface area contributed by atoms with Gasteiger partial charge in [0.25, 0.3) is 0 Å². The highest BCUT2D eigenvalue weighted by Gasteiger charge is 2.55. The summed E-state index contributed by atoms with van der Waals surface area (Å²) in [6, 6.07) is 8.11. The van der Waals surface area contributed by atoms with Crippen molar-refractivity contribution >= 4 is 11.4 Å². The smallest absolute Gasteiger partial charge is 0.178 e. The van der Waals surface area contributed by atoms with Gasteiger partial charge < -0.3 is 4.74 Å². The largest absolute Gasteiger partial charge is 0.478 e. The zero-order valence-corrected chi connectivity index (χ0v) is 12.9. The fourth-order valence-electron chi connectivity index (χ4n) is 4.36. The summed E-state index contributed by atoms with van der Waals surface area (Å²) in [6.45, 7) is 6.59. The van der Waals surface area contributed by atoms with Crippen LogP contribution in [-0.2, 0) is 4.79 Å². The molecule has 3 aliphatic rings. The molecule has 112 valence electrons. The van der Waals surface area contributed by atoms with Crippen LogP contribution in [0.25, 0.3) is 5.57 Å². The predicted octanol–water partition coefficient (Wildman–Crippen LogP) is 4.48. The van der Waals surface area contributed by atoms with Crippen molar-refractivity contribution < 1.29 is 9.53 Å². The first kappa shape index (κ1) is 13.6. The first-order valence-corrected chi connectivity index (χ1v) is 7.95. The Morgan fingerprint density at radius 3 is 2.95 bits per heavy atom. The summed E-state index contributed by atoms with van der Waals surface area (Å²) in [6.07, 6.45) is 9.45. The molecule has 1 aromatic carbocycles. The molecule has 22 heavy (non-hydrogen) atoms. The van der Waals surface area contributed by atoms with E-state index in [0.717, 1.165) is 48.1 Å². The molecule has 1 saturated carbocycles. The van der Waals surface area contributed by atoms with Gasteiger partial charge in [-0.2, -0.15) is 0 Å². The van der Waals surface area contributed by atoms with Crippen LogP contribution in [0.15, 0.2) is 54.6 Å². The number of hydrogen-bond acceptors (Lipinski definition) is 2. The Balaban J connectivity index is 1.95. The van der Waals surface area contributed by atoms with Crippen molar-refractivity contribution in [3.63, 3.8) is 0 Å². The van der Waals surface area contributed by atoms with E-state index in [0.29, 0.717) is 0 Å². The Labute approximate surface area is 131 Å². The number of ketones is 1. The number of ether oxygens (including phenoxy) is 1. The van der Waals surface area contributed by atoms with E-state index in [-0.39, 0.29) is 11.2 Å². The molecule has 2 heteroatoms. The molecule has 1 aromatic rings. The lowest BCUT2D eigenvalue weighted by Gasteiger charge is -2.51. The molecule has 2 atom stereocenters. The van der Waals surface area contributed by atoms with E-state index in [1.54, 1.807) is 12.2 Å². The van der Waals surface area contributed by atoms with E-state index < -0.39 is 5.60 Å². The third-order valence-electron chi connectivity index (χ3n) is 5.49. The number of rotatable bonds is 0. The number of benzene rings is 1. The second-order valence-electron chi connectivity index (χ2n) is 6.93. The van der Waals surface area contributed by atoms with Gasteiger partial charge in [-0.1, -0.05) is 31.7 Å². The molecular weight excluding hydrogens is 272 g/mol. The van der Waals surface area contributed by atoms with Crippen LogP contribution >= 0.6 is 0 Å². The normalized spacial score (nSPS) is 33.0. The van der Waals surface area contributed by atoms with Crippen LogP contribution in [0, 0.1) is 5.41 Å². The van der Waals surface area contributed by atoms with Gasteiger partial charge in [-0.05, 0) is 61.1 Å². The maximum atomic E-state index is 11.9. The van der Waals surface area contributed by atoms with Crippen molar-refractivity contribution in [3.05, 3.63) is 60.2 Å². The maximum absolute atomic E-state index is 11.9. The molecule has 1 aliphatic heterocycles. The van der Waals surface area contributed by atoms with Gasteiger partial charge in [0.05, 0.1) is 0 Å². The zero-order valence-electron chi connectivity index (χ0n) is 12.9. The number of carbonyl (C=O) groups is 1. The minimum Gasteiger partial charge on any atom is -0.478 e. The van der Waals surface area contributed by atoms with Crippen LogP contribution in [-0.4, -0.2) is 11.4 Å². The van der Waals surface area contributed by atoms with Crippen molar-refractivity contribution in [1.82, 2.24) is 0 Å². The number of allylic oxidation sites excluding steroid dienone is 3. The molecular formula is C20H20O2. The average molecular weight is 292 g/mol.